The first kappa shape index (κ1) is 24.7. The molecule has 2 aromatic carbocycles. The first-order valence-electron chi connectivity index (χ1n) is 10.7. The molecule has 0 bridgehead atoms. The van der Waals surface area contributed by atoms with Gasteiger partial charge in [0.1, 0.15) is 11.6 Å². The van der Waals surface area contributed by atoms with Crippen LogP contribution in [0.4, 0.5) is 10.1 Å². The lowest BCUT2D eigenvalue weighted by Gasteiger charge is -2.21. The second kappa shape index (κ2) is 13.0. The molecule has 0 heterocycles. The number of rotatable bonds is 8. The highest BCUT2D eigenvalue weighted by Crippen LogP contribution is 2.31. The summed E-state index contributed by atoms with van der Waals surface area (Å²) in [4.78, 5) is 0. The molecule has 0 amide bonds. The molecule has 0 spiro atoms. The molecule has 0 aliphatic heterocycles. The summed E-state index contributed by atoms with van der Waals surface area (Å²) in [6, 6.07) is 13.2. The van der Waals surface area contributed by atoms with Gasteiger partial charge in [-0.25, -0.2) is 4.39 Å². The van der Waals surface area contributed by atoms with E-state index in [1.807, 2.05) is 58.9 Å². The molecule has 1 aliphatic rings. The fourth-order valence-electron chi connectivity index (χ4n) is 2.88. The number of methoxy groups -OCH3 is 1. The maximum atomic E-state index is 14.1. The monoisotopic (exact) mass is 400 g/mol. The van der Waals surface area contributed by atoms with Gasteiger partial charge in [0.05, 0.1) is 18.8 Å². The molecule has 2 aromatic rings. The molecule has 3 rings (SSSR count). The third kappa shape index (κ3) is 7.90. The summed E-state index contributed by atoms with van der Waals surface area (Å²) in [6.07, 6.45) is 2.57. The third-order valence-corrected chi connectivity index (χ3v) is 4.43. The van der Waals surface area contributed by atoms with Gasteiger partial charge in [-0.3, -0.25) is 0 Å². The Bertz CT molecular complexity index is 739. The topological polar surface area (TPSA) is 33.3 Å². The standard InChI is InChI=1S/C21H25FN2O.2C2H6/c1-14(2)24-20-12-17(8-11-19(20)22)21(23-13-15-4-5-15)16-6-9-18(25-3)10-7-16;2*1-2/h6-12,15,21,23-24H,1,4-5,13H2,2-3H3;2*1-2H3. The van der Waals surface area contributed by atoms with Crippen molar-refractivity contribution in [2.75, 3.05) is 19.0 Å². The molecule has 1 fully saturated rings. The van der Waals surface area contributed by atoms with Crippen LogP contribution in [0.3, 0.4) is 0 Å². The highest BCUT2D eigenvalue weighted by Gasteiger charge is 2.24. The van der Waals surface area contributed by atoms with Crippen molar-refractivity contribution in [2.45, 2.75) is 53.5 Å². The van der Waals surface area contributed by atoms with Crippen molar-refractivity contribution in [3.63, 3.8) is 0 Å². The lowest BCUT2D eigenvalue weighted by Crippen LogP contribution is -2.24. The van der Waals surface area contributed by atoms with Crippen LogP contribution in [0.2, 0.25) is 0 Å². The zero-order valence-corrected chi connectivity index (χ0v) is 18.8. The molecule has 160 valence electrons. The first-order valence-corrected chi connectivity index (χ1v) is 10.7. The minimum atomic E-state index is -0.276. The van der Waals surface area contributed by atoms with Gasteiger partial charge >= 0.3 is 0 Å². The van der Waals surface area contributed by atoms with Gasteiger partial charge in [0.15, 0.2) is 0 Å². The summed E-state index contributed by atoms with van der Waals surface area (Å²) < 4.78 is 19.3. The Labute approximate surface area is 176 Å². The first-order chi connectivity index (χ1) is 14.1. The van der Waals surface area contributed by atoms with Crippen molar-refractivity contribution in [1.29, 1.82) is 0 Å². The van der Waals surface area contributed by atoms with E-state index < -0.39 is 0 Å². The van der Waals surface area contributed by atoms with E-state index in [4.69, 9.17) is 4.74 Å². The molecule has 0 saturated heterocycles. The Balaban J connectivity index is 0.000000989. The van der Waals surface area contributed by atoms with E-state index in [-0.39, 0.29) is 11.9 Å². The summed E-state index contributed by atoms with van der Waals surface area (Å²) in [6.45, 7) is 14.6. The Kier molecular flexibility index (Phi) is 11.1. The average molecular weight is 401 g/mol. The molecule has 0 aromatic heterocycles. The van der Waals surface area contributed by atoms with Gasteiger partial charge in [0.2, 0.25) is 0 Å². The molecule has 29 heavy (non-hydrogen) atoms. The Hall–Kier alpha value is -2.33. The molecule has 4 heteroatoms. The fourth-order valence-corrected chi connectivity index (χ4v) is 2.88. The van der Waals surface area contributed by atoms with Crippen LogP contribution in [0.15, 0.2) is 54.7 Å². The number of anilines is 1. The summed E-state index contributed by atoms with van der Waals surface area (Å²) >= 11 is 0. The summed E-state index contributed by atoms with van der Waals surface area (Å²) in [5, 5.41) is 6.64. The van der Waals surface area contributed by atoms with Crippen molar-refractivity contribution in [2.24, 2.45) is 5.92 Å². The van der Waals surface area contributed by atoms with E-state index in [1.165, 1.54) is 18.9 Å². The number of allylic oxidation sites excluding steroid dienone is 1. The van der Waals surface area contributed by atoms with Gasteiger partial charge in [-0.1, -0.05) is 52.5 Å². The normalized spacial score (nSPS) is 13.2. The van der Waals surface area contributed by atoms with Crippen LogP contribution in [0.1, 0.15) is 64.6 Å². The van der Waals surface area contributed by atoms with E-state index in [0.29, 0.717) is 11.4 Å². The Morgan fingerprint density at radius 2 is 1.66 bits per heavy atom. The van der Waals surface area contributed by atoms with Gasteiger partial charge in [0.25, 0.3) is 0 Å². The molecular weight excluding hydrogens is 363 g/mol. The van der Waals surface area contributed by atoms with E-state index in [9.17, 15) is 4.39 Å². The lowest BCUT2D eigenvalue weighted by atomic mass is 9.97. The van der Waals surface area contributed by atoms with Crippen LogP contribution in [0.25, 0.3) is 0 Å². The van der Waals surface area contributed by atoms with Crippen LogP contribution in [-0.2, 0) is 0 Å². The zero-order valence-electron chi connectivity index (χ0n) is 18.8. The smallest absolute Gasteiger partial charge is 0.146 e. The van der Waals surface area contributed by atoms with Gasteiger partial charge in [-0.05, 0) is 67.6 Å². The molecule has 1 atom stereocenters. The van der Waals surface area contributed by atoms with Gasteiger partial charge in [-0.2, -0.15) is 0 Å². The predicted molar refractivity (Wildman–Crippen MR) is 123 cm³/mol. The second-order valence-electron chi connectivity index (χ2n) is 6.70. The summed E-state index contributed by atoms with van der Waals surface area (Å²) in [5.74, 6) is 1.31. The molecule has 3 nitrogen and oxygen atoms in total. The number of nitrogens with one attached hydrogen (secondary N) is 2. The van der Waals surface area contributed by atoms with Gasteiger partial charge in [0, 0.05) is 5.70 Å². The van der Waals surface area contributed by atoms with Crippen molar-refractivity contribution >= 4 is 5.69 Å². The van der Waals surface area contributed by atoms with E-state index >= 15 is 0 Å². The quantitative estimate of drug-likeness (QED) is 0.504. The maximum absolute atomic E-state index is 14.1. The van der Waals surface area contributed by atoms with Gasteiger partial charge < -0.3 is 15.4 Å². The maximum Gasteiger partial charge on any atom is 0.146 e. The van der Waals surface area contributed by atoms with E-state index in [2.05, 4.69) is 29.3 Å². The number of ether oxygens (including phenoxy) is 1. The second-order valence-corrected chi connectivity index (χ2v) is 6.70. The van der Waals surface area contributed by atoms with Crippen LogP contribution in [0, 0.1) is 11.7 Å². The molecule has 1 aliphatic carbocycles. The lowest BCUT2D eigenvalue weighted by molar-refractivity contribution is 0.414. The van der Waals surface area contributed by atoms with E-state index in [0.717, 1.165) is 29.3 Å². The molecule has 1 unspecified atom stereocenters. The van der Waals surface area contributed by atoms with Crippen molar-refractivity contribution in [1.82, 2.24) is 5.32 Å². The Morgan fingerprint density at radius 1 is 1.07 bits per heavy atom. The van der Waals surface area contributed by atoms with Crippen molar-refractivity contribution < 1.29 is 9.13 Å². The number of hydrogen-bond acceptors (Lipinski definition) is 3. The minimum absolute atomic E-state index is 0.0118. The molecule has 2 N–H and O–H groups in total. The van der Waals surface area contributed by atoms with Crippen LogP contribution < -0.4 is 15.4 Å². The zero-order chi connectivity index (χ0) is 21.8. The molecular formula is C25H37FN2O. The van der Waals surface area contributed by atoms with Gasteiger partial charge in [-0.15, -0.1) is 0 Å². The Morgan fingerprint density at radius 3 is 2.17 bits per heavy atom. The number of halogens is 1. The molecule has 1 saturated carbocycles. The van der Waals surface area contributed by atoms with Crippen molar-refractivity contribution in [3.05, 3.63) is 71.7 Å². The van der Waals surface area contributed by atoms with Crippen LogP contribution in [-0.4, -0.2) is 13.7 Å². The molecule has 0 radical (unpaired) electrons. The summed E-state index contributed by atoms with van der Waals surface area (Å²) in [7, 11) is 1.66. The SMILES string of the molecule is C=C(C)Nc1cc(C(NCC2CC2)c2ccc(OC)cc2)ccc1F.CC.CC. The third-order valence-electron chi connectivity index (χ3n) is 4.43. The predicted octanol–water partition coefficient (Wildman–Crippen LogP) is 6.92. The van der Waals surface area contributed by atoms with Crippen LogP contribution >= 0.6 is 0 Å². The highest BCUT2D eigenvalue weighted by molar-refractivity contribution is 5.52. The average Bonchev–Trinajstić information content (AvgIpc) is 3.58. The van der Waals surface area contributed by atoms with Crippen molar-refractivity contribution in [3.8, 4) is 5.75 Å². The highest BCUT2D eigenvalue weighted by atomic mass is 19.1. The van der Waals surface area contributed by atoms with Crippen LogP contribution in [0.5, 0.6) is 5.75 Å². The largest absolute Gasteiger partial charge is 0.497 e. The minimum Gasteiger partial charge on any atom is -0.497 e. The number of benzene rings is 2. The van der Waals surface area contributed by atoms with E-state index in [1.54, 1.807) is 7.11 Å². The number of hydrogen-bond donors (Lipinski definition) is 2. The summed E-state index contributed by atoms with van der Waals surface area (Å²) in [5.41, 5.74) is 3.32. The fraction of sp³-hybridized carbons (Fsp3) is 0.440.